The molecule has 150 valence electrons. The first-order valence-electron chi connectivity index (χ1n) is 8.86. The van der Waals surface area contributed by atoms with Crippen molar-refractivity contribution in [1.82, 2.24) is 9.97 Å². The largest absolute Gasteiger partial charge is 0.323 e. The third-order valence-electron chi connectivity index (χ3n) is 4.32. The Kier molecular flexibility index (Phi) is 5.29. The molecule has 0 bridgehead atoms. The number of sulfonamides is 1. The molecule has 1 aliphatic carbocycles. The van der Waals surface area contributed by atoms with Crippen molar-refractivity contribution in [2.24, 2.45) is 0 Å². The second-order valence-corrected chi connectivity index (χ2v) is 9.47. The van der Waals surface area contributed by atoms with Gasteiger partial charge < -0.3 is 5.32 Å². The Morgan fingerprint density at radius 3 is 2.76 bits per heavy atom. The van der Waals surface area contributed by atoms with E-state index in [2.05, 4.69) is 20.0 Å². The highest BCUT2D eigenvalue weighted by Crippen LogP contribution is 2.30. The number of thiazole rings is 1. The fourth-order valence-corrected chi connectivity index (χ4v) is 5.01. The molecule has 1 aromatic carbocycles. The highest BCUT2D eigenvalue weighted by Gasteiger charge is 2.36. The second kappa shape index (κ2) is 7.88. The van der Waals surface area contributed by atoms with Gasteiger partial charge in [-0.05, 0) is 36.6 Å². The first-order valence-corrected chi connectivity index (χ1v) is 11.3. The third kappa shape index (κ3) is 4.77. The maximum Gasteiger partial charge on any atom is 0.237 e. The number of carbonyl (C=O) groups is 1. The predicted octanol–water partition coefficient (Wildman–Crippen LogP) is 3.43. The molecule has 4 rings (SSSR count). The van der Waals surface area contributed by atoms with Gasteiger partial charge in [0.25, 0.3) is 0 Å². The Balaban J connectivity index is 1.39. The zero-order chi connectivity index (χ0) is 20.4. The molecule has 0 saturated heterocycles. The van der Waals surface area contributed by atoms with Gasteiger partial charge in [-0.15, -0.1) is 11.3 Å². The number of rotatable bonds is 7. The van der Waals surface area contributed by atoms with E-state index in [4.69, 9.17) is 0 Å². The van der Waals surface area contributed by atoms with Crippen LogP contribution >= 0.6 is 11.3 Å². The minimum absolute atomic E-state index is 0.0625. The maximum atomic E-state index is 14.4. The zero-order valence-electron chi connectivity index (χ0n) is 15.1. The lowest BCUT2D eigenvalue weighted by Gasteiger charge is -2.08. The average molecular weight is 433 g/mol. The first kappa shape index (κ1) is 19.5. The van der Waals surface area contributed by atoms with Crippen LogP contribution < -0.4 is 10.0 Å². The van der Waals surface area contributed by atoms with Crippen molar-refractivity contribution >= 4 is 38.1 Å². The maximum absolute atomic E-state index is 14.4. The molecule has 1 fully saturated rings. The molecule has 29 heavy (non-hydrogen) atoms. The summed E-state index contributed by atoms with van der Waals surface area (Å²) < 4.78 is 40.7. The van der Waals surface area contributed by atoms with Crippen LogP contribution in [0.15, 0.2) is 48.1 Å². The third-order valence-corrected chi connectivity index (χ3v) is 7.09. The number of aromatic nitrogens is 2. The van der Waals surface area contributed by atoms with Gasteiger partial charge in [-0.3, -0.25) is 14.5 Å². The van der Waals surface area contributed by atoms with E-state index in [1.807, 2.05) is 6.07 Å². The molecular formula is C19H17FN4O3S2. The van der Waals surface area contributed by atoms with Gasteiger partial charge in [0.2, 0.25) is 15.9 Å². The summed E-state index contributed by atoms with van der Waals surface area (Å²) in [5.74, 6) is -1.00. The fourth-order valence-electron chi connectivity index (χ4n) is 2.71. The minimum atomic E-state index is -3.39. The van der Waals surface area contributed by atoms with Crippen LogP contribution in [0.25, 0.3) is 11.1 Å². The van der Waals surface area contributed by atoms with E-state index >= 15 is 0 Å². The molecule has 0 spiro atoms. The Morgan fingerprint density at radius 2 is 2.07 bits per heavy atom. The lowest BCUT2D eigenvalue weighted by molar-refractivity contribution is -0.115. The average Bonchev–Trinajstić information content (AvgIpc) is 3.47. The van der Waals surface area contributed by atoms with Crippen LogP contribution in [0, 0.1) is 5.82 Å². The van der Waals surface area contributed by atoms with E-state index in [-0.39, 0.29) is 22.5 Å². The number of halogens is 1. The standard InChI is InChI=1S/C19H17FN4O3S2/c20-16-8-12(13-2-1-7-21-10-13)3-6-17(16)23-18(25)9-14-11-28-19(22-14)24-29(26,27)15-4-5-15/h1-3,6-8,10-11,15H,4-5,9H2,(H,22,24)(H,23,25). The summed E-state index contributed by atoms with van der Waals surface area (Å²) in [6.45, 7) is 0. The minimum Gasteiger partial charge on any atom is -0.323 e. The Morgan fingerprint density at radius 1 is 1.24 bits per heavy atom. The van der Waals surface area contributed by atoms with E-state index in [1.54, 1.807) is 29.9 Å². The van der Waals surface area contributed by atoms with Crippen molar-refractivity contribution in [3.8, 4) is 11.1 Å². The molecule has 2 N–H and O–H groups in total. The van der Waals surface area contributed by atoms with Crippen LogP contribution in [-0.2, 0) is 21.2 Å². The SMILES string of the molecule is O=C(Cc1csc(NS(=O)(=O)C2CC2)n1)Nc1ccc(-c2cccnc2)cc1F. The molecule has 0 aliphatic heterocycles. The number of nitrogens with zero attached hydrogens (tertiary/aromatic N) is 2. The topological polar surface area (TPSA) is 101 Å². The van der Waals surface area contributed by atoms with Crippen molar-refractivity contribution in [1.29, 1.82) is 0 Å². The van der Waals surface area contributed by atoms with E-state index in [0.717, 1.165) is 16.9 Å². The highest BCUT2D eigenvalue weighted by atomic mass is 32.2. The van der Waals surface area contributed by atoms with Crippen molar-refractivity contribution in [3.63, 3.8) is 0 Å². The van der Waals surface area contributed by atoms with Crippen LogP contribution in [0.1, 0.15) is 18.5 Å². The predicted molar refractivity (Wildman–Crippen MR) is 110 cm³/mol. The molecular weight excluding hydrogens is 415 g/mol. The first-order chi connectivity index (χ1) is 13.9. The lowest BCUT2D eigenvalue weighted by atomic mass is 10.1. The van der Waals surface area contributed by atoms with Gasteiger partial charge in [0.05, 0.1) is 23.1 Å². The molecule has 0 unspecified atom stereocenters. The van der Waals surface area contributed by atoms with Crippen LogP contribution in [0.3, 0.4) is 0 Å². The number of hydrogen-bond acceptors (Lipinski definition) is 6. The van der Waals surface area contributed by atoms with Gasteiger partial charge in [-0.1, -0.05) is 12.1 Å². The number of nitrogens with one attached hydrogen (secondary N) is 2. The lowest BCUT2D eigenvalue weighted by Crippen LogP contribution is -2.18. The molecule has 2 aromatic heterocycles. The quantitative estimate of drug-likeness (QED) is 0.596. The van der Waals surface area contributed by atoms with Crippen molar-refractivity contribution in [2.75, 3.05) is 10.0 Å². The molecule has 0 atom stereocenters. The number of anilines is 2. The number of amides is 1. The monoisotopic (exact) mass is 432 g/mol. The molecule has 10 heteroatoms. The van der Waals surface area contributed by atoms with E-state index in [0.29, 0.717) is 24.1 Å². The summed E-state index contributed by atoms with van der Waals surface area (Å²) >= 11 is 1.11. The molecule has 2 heterocycles. The number of benzene rings is 1. The van der Waals surface area contributed by atoms with Crippen LogP contribution in [0.2, 0.25) is 0 Å². The van der Waals surface area contributed by atoms with E-state index in [9.17, 15) is 17.6 Å². The van der Waals surface area contributed by atoms with Gasteiger partial charge in [-0.25, -0.2) is 17.8 Å². The van der Waals surface area contributed by atoms with E-state index < -0.39 is 21.7 Å². The number of hydrogen-bond donors (Lipinski definition) is 2. The van der Waals surface area contributed by atoms with Crippen LogP contribution in [0.5, 0.6) is 0 Å². The normalized spacial score (nSPS) is 13.8. The van der Waals surface area contributed by atoms with Gasteiger partial charge in [0.1, 0.15) is 5.82 Å². The molecule has 1 saturated carbocycles. The molecule has 1 amide bonds. The molecule has 7 nitrogen and oxygen atoms in total. The van der Waals surface area contributed by atoms with Gasteiger partial charge >= 0.3 is 0 Å². The van der Waals surface area contributed by atoms with Gasteiger partial charge in [-0.2, -0.15) is 0 Å². The molecule has 1 aliphatic rings. The zero-order valence-corrected chi connectivity index (χ0v) is 16.8. The summed E-state index contributed by atoms with van der Waals surface area (Å²) in [5.41, 5.74) is 1.90. The smallest absolute Gasteiger partial charge is 0.237 e. The van der Waals surface area contributed by atoms with Crippen molar-refractivity contribution < 1.29 is 17.6 Å². The number of pyridine rings is 1. The van der Waals surface area contributed by atoms with Gasteiger partial charge in [0, 0.05) is 23.3 Å². The van der Waals surface area contributed by atoms with Gasteiger partial charge in [0.15, 0.2) is 5.13 Å². The summed E-state index contributed by atoms with van der Waals surface area (Å²) in [7, 11) is -3.39. The number of carbonyl (C=O) groups excluding carboxylic acids is 1. The van der Waals surface area contributed by atoms with Crippen LogP contribution in [-0.4, -0.2) is 29.5 Å². The van der Waals surface area contributed by atoms with E-state index in [1.165, 1.54) is 12.1 Å². The van der Waals surface area contributed by atoms with Crippen LogP contribution in [0.4, 0.5) is 15.2 Å². The van der Waals surface area contributed by atoms with Crippen molar-refractivity contribution in [3.05, 3.63) is 59.6 Å². The Hall–Kier alpha value is -2.85. The molecule has 0 radical (unpaired) electrons. The summed E-state index contributed by atoms with van der Waals surface area (Å²) in [6, 6.07) is 8.10. The summed E-state index contributed by atoms with van der Waals surface area (Å²) in [6.07, 6.45) is 4.48. The summed E-state index contributed by atoms with van der Waals surface area (Å²) in [4.78, 5) is 20.4. The highest BCUT2D eigenvalue weighted by molar-refractivity contribution is 7.93. The Bertz CT molecular complexity index is 1150. The fraction of sp³-hybridized carbons (Fsp3) is 0.211. The molecule has 3 aromatic rings. The summed E-state index contributed by atoms with van der Waals surface area (Å²) in [5, 5.41) is 4.00. The second-order valence-electron chi connectivity index (χ2n) is 6.65. The Labute approximate surface area is 171 Å². The van der Waals surface area contributed by atoms with Crippen molar-refractivity contribution in [2.45, 2.75) is 24.5 Å².